The van der Waals surface area contributed by atoms with E-state index >= 15 is 0 Å². The van der Waals surface area contributed by atoms with E-state index in [1.807, 2.05) is 12.1 Å². The van der Waals surface area contributed by atoms with Crippen LogP contribution < -0.4 is 4.74 Å². The lowest BCUT2D eigenvalue weighted by Gasteiger charge is -2.08. The van der Waals surface area contributed by atoms with Gasteiger partial charge in [-0.2, -0.15) is 0 Å². The Hall–Kier alpha value is -1.72. The topological polar surface area (TPSA) is 42.4 Å². The molecule has 0 fully saturated rings. The molecular weight excluding hydrogens is 290 g/mol. The number of thiophene rings is 1. The molecule has 20 heavy (non-hydrogen) atoms. The molecule has 0 spiro atoms. The van der Waals surface area contributed by atoms with Crippen molar-refractivity contribution in [3.05, 3.63) is 41.4 Å². The van der Waals surface area contributed by atoms with E-state index in [1.165, 1.54) is 9.09 Å². The molecular formula is C15H13NO2S2. The van der Waals surface area contributed by atoms with E-state index in [-0.39, 0.29) is 5.75 Å². The highest BCUT2D eigenvalue weighted by Crippen LogP contribution is 2.39. The van der Waals surface area contributed by atoms with Gasteiger partial charge in [0.05, 0.1) is 16.8 Å². The van der Waals surface area contributed by atoms with Gasteiger partial charge in [-0.05, 0) is 31.2 Å². The molecule has 2 heterocycles. The normalized spacial score (nSPS) is 10.9. The van der Waals surface area contributed by atoms with E-state index in [0.717, 1.165) is 15.8 Å². The molecule has 0 bridgehead atoms. The van der Waals surface area contributed by atoms with Crippen molar-refractivity contribution in [1.29, 1.82) is 0 Å². The Bertz CT molecular complexity index is 768. The molecule has 0 unspecified atom stereocenters. The van der Waals surface area contributed by atoms with Crippen LogP contribution in [0.5, 0.6) is 11.5 Å². The summed E-state index contributed by atoms with van der Waals surface area (Å²) in [6, 6.07) is 9.69. The van der Waals surface area contributed by atoms with Crippen LogP contribution in [0, 0.1) is 6.92 Å². The Morgan fingerprint density at radius 3 is 2.80 bits per heavy atom. The van der Waals surface area contributed by atoms with Gasteiger partial charge in [-0.15, -0.1) is 11.3 Å². The summed E-state index contributed by atoms with van der Waals surface area (Å²) in [7, 11) is 1.55. The molecule has 0 aliphatic rings. The van der Waals surface area contributed by atoms with Crippen molar-refractivity contribution in [2.75, 3.05) is 7.11 Å². The van der Waals surface area contributed by atoms with Crippen molar-refractivity contribution >= 4 is 34.0 Å². The van der Waals surface area contributed by atoms with Gasteiger partial charge >= 0.3 is 0 Å². The molecule has 0 aliphatic carbocycles. The van der Waals surface area contributed by atoms with Crippen LogP contribution in [0.3, 0.4) is 0 Å². The number of rotatable bonds is 3. The summed E-state index contributed by atoms with van der Waals surface area (Å²) in [5.41, 5.74) is 0.765. The molecule has 0 radical (unpaired) electrons. The second kappa shape index (κ2) is 5.34. The molecule has 0 saturated heterocycles. The quantitative estimate of drug-likeness (QED) is 0.775. The molecule has 3 aromatic rings. The number of nitrogens with zero attached hydrogens (tertiary/aromatic N) is 1. The van der Waals surface area contributed by atoms with E-state index in [2.05, 4.69) is 24.0 Å². The van der Waals surface area contributed by atoms with Gasteiger partial charge in [-0.25, -0.2) is 0 Å². The summed E-state index contributed by atoms with van der Waals surface area (Å²) in [4.78, 5) is 6.70. The smallest absolute Gasteiger partial charge is 0.161 e. The lowest BCUT2D eigenvalue weighted by molar-refractivity contribution is 0.374. The number of methoxy groups -OCH3 is 1. The predicted molar refractivity (Wildman–Crippen MR) is 83.1 cm³/mol. The highest BCUT2D eigenvalue weighted by atomic mass is 32.2. The minimum Gasteiger partial charge on any atom is -0.504 e. The van der Waals surface area contributed by atoms with Crippen LogP contribution in [0.4, 0.5) is 0 Å². The van der Waals surface area contributed by atoms with Crippen LogP contribution in [0.2, 0.25) is 0 Å². The van der Waals surface area contributed by atoms with Gasteiger partial charge < -0.3 is 9.84 Å². The monoisotopic (exact) mass is 303 g/mol. The number of hydrogen-bond donors (Lipinski definition) is 1. The van der Waals surface area contributed by atoms with E-state index in [0.29, 0.717) is 5.75 Å². The molecule has 1 N–H and O–H groups in total. The Kier molecular flexibility index (Phi) is 3.54. The first-order valence-electron chi connectivity index (χ1n) is 6.07. The molecule has 3 rings (SSSR count). The number of benzene rings is 1. The van der Waals surface area contributed by atoms with Crippen LogP contribution in [0.25, 0.3) is 10.9 Å². The summed E-state index contributed by atoms with van der Waals surface area (Å²) in [5.74, 6) is 0.580. The molecule has 0 atom stereocenters. The first kappa shape index (κ1) is 13.3. The van der Waals surface area contributed by atoms with Crippen molar-refractivity contribution in [2.45, 2.75) is 16.0 Å². The number of aromatic hydroxyl groups is 1. The molecule has 0 amide bonds. The highest BCUT2D eigenvalue weighted by Gasteiger charge is 2.10. The van der Waals surface area contributed by atoms with Crippen LogP contribution in [0.1, 0.15) is 4.88 Å². The molecule has 3 nitrogen and oxygen atoms in total. The largest absolute Gasteiger partial charge is 0.504 e. The van der Waals surface area contributed by atoms with Crippen molar-refractivity contribution in [3.63, 3.8) is 0 Å². The van der Waals surface area contributed by atoms with E-state index < -0.39 is 0 Å². The number of pyridine rings is 1. The second-order valence-electron chi connectivity index (χ2n) is 4.32. The van der Waals surface area contributed by atoms with Crippen molar-refractivity contribution in [2.24, 2.45) is 0 Å². The number of fused-ring (bicyclic) bond motifs is 1. The van der Waals surface area contributed by atoms with E-state index in [9.17, 15) is 5.11 Å². The first-order chi connectivity index (χ1) is 9.67. The van der Waals surface area contributed by atoms with Crippen molar-refractivity contribution in [1.82, 2.24) is 4.98 Å². The number of ether oxygens (including phenoxy) is 1. The van der Waals surface area contributed by atoms with Gasteiger partial charge in [0.25, 0.3) is 0 Å². The fraction of sp³-hybridized carbons (Fsp3) is 0.133. The van der Waals surface area contributed by atoms with Crippen molar-refractivity contribution in [3.8, 4) is 11.5 Å². The third kappa shape index (κ3) is 2.46. The summed E-state index contributed by atoms with van der Waals surface area (Å²) in [5, 5.41) is 10.8. The number of phenolic OH excluding ortho intramolecular Hbond substituents is 1. The highest BCUT2D eigenvalue weighted by molar-refractivity contribution is 8.01. The maximum atomic E-state index is 9.82. The molecule has 1 aromatic carbocycles. The maximum absolute atomic E-state index is 9.82. The fourth-order valence-corrected chi connectivity index (χ4v) is 4.14. The number of aryl methyl sites for hydroxylation is 1. The third-order valence-electron chi connectivity index (χ3n) is 2.93. The van der Waals surface area contributed by atoms with Gasteiger partial charge in [0.1, 0.15) is 0 Å². The van der Waals surface area contributed by atoms with Gasteiger partial charge in [-0.3, -0.25) is 4.98 Å². The Morgan fingerprint density at radius 1 is 1.25 bits per heavy atom. The average molecular weight is 303 g/mol. The standard InChI is InChI=1S/C15H13NO2S2/c1-9-3-4-15(19-9)20-14-5-6-16-11-8-12(17)13(18-2)7-10(11)14/h3-8,17H,1-2H3. The van der Waals surface area contributed by atoms with Gasteiger partial charge in [0.15, 0.2) is 11.5 Å². The zero-order valence-electron chi connectivity index (χ0n) is 11.1. The van der Waals surface area contributed by atoms with Crippen molar-refractivity contribution < 1.29 is 9.84 Å². The second-order valence-corrected chi connectivity index (χ2v) is 6.95. The summed E-state index contributed by atoms with van der Waals surface area (Å²) >= 11 is 3.47. The van der Waals surface area contributed by atoms with Gasteiger partial charge in [0.2, 0.25) is 0 Å². The molecule has 102 valence electrons. The van der Waals surface area contributed by atoms with Crippen LogP contribution in [0.15, 0.2) is 45.6 Å². The molecule has 0 aliphatic heterocycles. The molecule has 5 heteroatoms. The summed E-state index contributed by atoms with van der Waals surface area (Å²) in [6.07, 6.45) is 1.76. The van der Waals surface area contributed by atoms with Crippen LogP contribution in [-0.4, -0.2) is 17.2 Å². The van der Waals surface area contributed by atoms with E-state index in [1.54, 1.807) is 42.5 Å². The number of hydrogen-bond acceptors (Lipinski definition) is 5. The van der Waals surface area contributed by atoms with Crippen LogP contribution >= 0.6 is 23.1 Å². The molecule has 0 saturated carbocycles. The number of phenols is 1. The predicted octanol–water partition coefficient (Wildman–Crippen LogP) is 4.47. The Balaban J connectivity index is 2.10. The third-order valence-corrected chi connectivity index (χ3v) is 5.14. The lowest BCUT2D eigenvalue weighted by Crippen LogP contribution is -1.87. The first-order valence-corrected chi connectivity index (χ1v) is 7.70. The zero-order chi connectivity index (χ0) is 14.1. The lowest BCUT2D eigenvalue weighted by atomic mass is 10.2. The number of aromatic nitrogens is 1. The van der Waals surface area contributed by atoms with Crippen LogP contribution in [-0.2, 0) is 0 Å². The summed E-state index contributed by atoms with van der Waals surface area (Å²) < 4.78 is 6.42. The minimum absolute atomic E-state index is 0.113. The van der Waals surface area contributed by atoms with Gasteiger partial charge in [-0.1, -0.05) is 11.8 Å². The Labute approximate surface area is 125 Å². The zero-order valence-corrected chi connectivity index (χ0v) is 12.7. The SMILES string of the molecule is COc1cc2c(Sc3ccc(C)s3)ccnc2cc1O. The minimum atomic E-state index is 0.113. The van der Waals surface area contributed by atoms with Gasteiger partial charge in [0, 0.05) is 27.4 Å². The summed E-state index contributed by atoms with van der Waals surface area (Å²) in [6.45, 7) is 2.10. The van der Waals surface area contributed by atoms with E-state index in [4.69, 9.17) is 4.74 Å². The average Bonchev–Trinajstić information content (AvgIpc) is 2.84. The maximum Gasteiger partial charge on any atom is 0.161 e. The molecule has 2 aromatic heterocycles. The Morgan fingerprint density at radius 2 is 2.10 bits per heavy atom. The fourth-order valence-electron chi connectivity index (χ4n) is 1.96.